The number of nitrogens with zero attached hydrogens (tertiary/aromatic N) is 3. The average molecular weight is 479 g/mol. The van der Waals surface area contributed by atoms with E-state index in [1.165, 1.54) is 7.05 Å². The number of amides is 3. The van der Waals surface area contributed by atoms with Crippen LogP contribution < -0.4 is 14.5 Å². The summed E-state index contributed by atoms with van der Waals surface area (Å²) in [6.07, 6.45) is -11.9. The fraction of sp³-hybridized carbons (Fsp3) is 0.300. The van der Waals surface area contributed by atoms with Gasteiger partial charge in [-0.05, 0) is 36.4 Å². The molecule has 0 radical (unpaired) electrons. The molecule has 1 aliphatic heterocycles. The Kier molecular flexibility index (Phi) is 6.18. The summed E-state index contributed by atoms with van der Waals surface area (Å²) in [7, 11) is 2.43. The van der Waals surface area contributed by atoms with Crippen molar-refractivity contribution in [1.29, 1.82) is 0 Å². The number of halogens is 7. The fourth-order valence-electron chi connectivity index (χ4n) is 3.09. The standard InChI is InChI=1S/C20H16F7N3O3/c1-28-7-8-30(17(28)31)15-10-11(19(22,23)24)9-14(20(25,26)27)16(15)33-18(32)29(2)13-5-3-12(21)4-6-13/h3-6,9-10H,7-8H2,1-2H3. The maximum Gasteiger partial charge on any atom is 0.420 e. The second-order valence-corrected chi connectivity index (χ2v) is 7.13. The molecule has 6 nitrogen and oxygen atoms in total. The van der Waals surface area contributed by atoms with Crippen LogP contribution in [0.1, 0.15) is 11.1 Å². The van der Waals surface area contributed by atoms with Crippen LogP contribution in [-0.2, 0) is 12.4 Å². The lowest BCUT2D eigenvalue weighted by atomic mass is 10.1. The molecule has 0 N–H and O–H groups in total. The van der Waals surface area contributed by atoms with E-state index >= 15 is 0 Å². The molecule has 3 amide bonds. The Balaban J connectivity index is 2.14. The first kappa shape index (κ1) is 24.1. The Labute approximate surface area is 182 Å². The largest absolute Gasteiger partial charge is 0.420 e. The van der Waals surface area contributed by atoms with Crippen LogP contribution in [-0.4, -0.2) is 44.2 Å². The van der Waals surface area contributed by atoms with E-state index in [9.17, 15) is 40.3 Å². The summed E-state index contributed by atoms with van der Waals surface area (Å²) in [6.45, 7) is -0.203. The first-order valence-electron chi connectivity index (χ1n) is 9.26. The molecule has 0 unspecified atom stereocenters. The van der Waals surface area contributed by atoms with Gasteiger partial charge in [0.15, 0.2) is 5.75 Å². The third kappa shape index (κ3) is 4.96. The molecule has 0 aliphatic carbocycles. The van der Waals surface area contributed by atoms with Crippen molar-refractivity contribution in [2.45, 2.75) is 12.4 Å². The number of carbonyl (C=O) groups excluding carboxylic acids is 2. The predicted molar refractivity (Wildman–Crippen MR) is 103 cm³/mol. The number of ether oxygens (including phenoxy) is 1. The molecule has 2 aromatic rings. The lowest BCUT2D eigenvalue weighted by Gasteiger charge is -2.25. The number of benzene rings is 2. The molecular formula is C20H16F7N3O3. The second kappa shape index (κ2) is 8.45. The molecule has 13 heteroatoms. The van der Waals surface area contributed by atoms with Crippen LogP contribution in [0.15, 0.2) is 36.4 Å². The minimum atomic E-state index is -5.35. The molecule has 1 fully saturated rings. The van der Waals surface area contributed by atoms with E-state index in [0.717, 1.165) is 41.1 Å². The van der Waals surface area contributed by atoms with Crippen LogP contribution in [0.5, 0.6) is 5.75 Å². The number of alkyl halides is 6. The van der Waals surface area contributed by atoms with Gasteiger partial charge < -0.3 is 9.64 Å². The number of likely N-dealkylation sites (N-methyl/N-ethyl adjacent to an activating group) is 1. The number of hydrogen-bond acceptors (Lipinski definition) is 3. The topological polar surface area (TPSA) is 53.1 Å². The Morgan fingerprint density at radius 1 is 1.00 bits per heavy atom. The minimum Gasteiger partial charge on any atom is -0.407 e. The van der Waals surface area contributed by atoms with Crippen LogP contribution in [0.25, 0.3) is 0 Å². The molecule has 0 bridgehead atoms. The summed E-state index contributed by atoms with van der Waals surface area (Å²) < 4.78 is 99.3. The fourth-order valence-corrected chi connectivity index (χ4v) is 3.09. The Hall–Kier alpha value is -3.51. The van der Waals surface area contributed by atoms with Crippen molar-refractivity contribution >= 4 is 23.5 Å². The summed E-state index contributed by atoms with van der Waals surface area (Å²) >= 11 is 0. The highest BCUT2D eigenvalue weighted by atomic mass is 19.4. The Bertz CT molecular complexity index is 1070. The van der Waals surface area contributed by atoms with E-state index < -0.39 is 52.9 Å². The van der Waals surface area contributed by atoms with Gasteiger partial charge in [0.2, 0.25) is 0 Å². The third-order valence-corrected chi connectivity index (χ3v) is 4.89. The highest BCUT2D eigenvalue weighted by Crippen LogP contribution is 2.46. The van der Waals surface area contributed by atoms with Crippen LogP contribution in [0.2, 0.25) is 0 Å². The Morgan fingerprint density at radius 2 is 1.61 bits per heavy atom. The molecule has 1 heterocycles. The van der Waals surface area contributed by atoms with Gasteiger partial charge in [0.1, 0.15) is 11.4 Å². The molecule has 0 spiro atoms. The van der Waals surface area contributed by atoms with E-state index in [1.807, 2.05) is 0 Å². The first-order valence-corrected chi connectivity index (χ1v) is 9.26. The van der Waals surface area contributed by atoms with Crippen molar-refractivity contribution in [3.05, 3.63) is 53.3 Å². The van der Waals surface area contributed by atoms with Gasteiger partial charge in [0, 0.05) is 32.9 Å². The van der Waals surface area contributed by atoms with Crippen molar-refractivity contribution in [3.63, 3.8) is 0 Å². The highest BCUT2D eigenvalue weighted by Gasteiger charge is 2.43. The van der Waals surface area contributed by atoms with Gasteiger partial charge in [-0.25, -0.2) is 14.0 Å². The molecule has 1 aliphatic rings. The highest BCUT2D eigenvalue weighted by molar-refractivity contribution is 5.97. The van der Waals surface area contributed by atoms with Crippen molar-refractivity contribution in [3.8, 4) is 5.75 Å². The molecule has 0 atom stereocenters. The zero-order chi connectivity index (χ0) is 24.7. The third-order valence-electron chi connectivity index (χ3n) is 4.89. The van der Waals surface area contributed by atoms with E-state index in [2.05, 4.69) is 0 Å². The van der Waals surface area contributed by atoms with Crippen LogP contribution in [0.4, 0.5) is 51.7 Å². The number of anilines is 2. The first-order chi connectivity index (χ1) is 15.2. The van der Waals surface area contributed by atoms with Crippen LogP contribution in [0, 0.1) is 5.82 Å². The number of hydrogen-bond donors (Lipinski definition) is 0. The van der Waals surface area contributed by atoms with Gasteiger partial charge in [0.25, 0.3) is 0 Å². The summed E-state index contributed by atoms with van der Waals surface area (Å²) in [6, 6.07) is 3.54. The van der Waals surface area contributed by atoms with E-state index in [-0.39, 0.29) is 24.8 Å². The van der Waals surface area contributed by atoms with E-state index in [1.54, 1.807) is 0 Å². The van der Waals surface area contributed by atoms with Gasteiger partial charge in [-0.2, -0.15) is 26.3 Å². The molecule has 1 saturated heterocycles. The molecule has 3 rings (SSSR count). The maximum atomic E-state index is 13.7. The molecule has 33 heavy (non-hydrogen) atoms. The molecule has 2 aromatic carbocycles. The zero-order valence-electron chi connectivity index (χ0n) is 17.1. The Morgan fingerprint density at radius 3 is 2.09 bits per heavy atom. The van der Waals surface area contributed by atoms with Crippen molar-refractivity contribution in [2.75, 3.05) is 37.0 Å². The zero-order valence-corrected chi connectivity index (χ0v) is 17.1. The monoisotopic (exact) mass is 479 g/mol. The average Bonchev–Trinajstić information content (AvgIpc) is 3.04. The van der Waals surface area contributed by atoms with E-state index in [0.29, 0.717) is 11.0 Å². The summed E-state index contributed by atoms with van der Waals surface area (Å²) in [5.74, 6) is -1.89. The maximum absolute atomic E-state index is 13.7. The number of urea groups is 1. The molecular weight excluding hydrogens is 463 g/mol. The van der Waals surface area contributed by atoms with Gasteiger partial charge in [0.05, 0.1) is 11.3 Å². The quantitative estimate of drug-likeness (QED) is 0.557. The van der Waals surface area contributed by atoms with Gasteiger partial charge >= 0.3 is 24.5 Å². The smallest absolute Gasteiger partial charge is 0.407 e. The van der Waals surface area contributed by atoms with Crippen LogP contribution >= 0.6 is 0 Å². The summed E-state index contributed by atoms with van der Waals surface area (Å²) in [4.78, 5) is 27.4. The second-order valence-electron chi connectivity index (χ2n) is 7.13. The van der Waals surface area contributed by atoms with Crippen molar-refractivity contribution < 1.29 is 45.1 Å². The number of rotatable bonds is 3. The van der Waals surface area contributed by atoms with Gasteiger partial charge in [-0.15, -0.1) is 0 Å². The van der Waals surface area contributed by atoms with Crippen molar-refractivity contribution in [1.82, 2.24) is 4.90 Å². The molecule has 0 saturated carbocycles. The van der Waals surface area contributed by atoms with E-state index in [4.69, 9.17) is 4.74 Å². The summed E-state index contributed by atoms with van der Waals surface area (Å²) in [5.41, 5.74) is -4.36. The number of carbonyl (C=O) groups is 2. The van der Waals surface area contributed by atoms with Gasteiger partial charge in [-0.1, -0.05) is 0 Å². The SMILES string of the molecule is CN1CCN(c2cc(C(F)(F)F)cc(C(F)(F)F)c2OC(=O)N(C)c2ccc(F)cc2)C1=O. The van der Waals surface area contributed by atoms with Crippen LogP contribution in [0.3, 0.4) is 0 Å². The predicted octanol–water partition coefficient (Wildman–Crippen LogP) is 5.37. The summed E-state index contributed by atoms with van der Waals surface area (Å²) in [5, 5.41) is 0. The minimum absolute atomic E-state index is 0.0271. The lowest BCUT2D eigenvalue weighted by Crippen LogP contribution is -2.33. The van der Waals surface area contributed by atoms with Gasteiger partial charge in [-0.3, -0.25) is 9.80 Å². The normalized spacial score (nSPS) is 14.6. The van der Waals surface area contributed by atoms with Crippen molar-refractivity contribution in [2.24, 2.45) is 0 Å². The lowest BCUT2D eigenvalue weighted by molar-refractivity contribution is -0.143. The molecule has 178 valence electrons. The molecule has 0 aromatic heterocycles.